The largest absolute Gasteiger partial charge is 0.493 e. The summed E-state index contributed by atoms with van der Waals surface area (Å²) >= 11 is 0. The smallest absolute Gasteiger partial charge is 0.410 e. The van der Waals surface area contributed by atoms with Gasteiger partial charge in [0.1, 0.15) is 5.75 Å². The molecule has 0 unspecified atom stereocenters. The number of nitrogens with one attached hydrogen (secondary N) is 1. The summed E-state index contributed by atoms with van der Waals surface area (Å²) in [4.78, 5) is 13.9. The molecule has 1 heterocycles. The fraction of sp³-hybridized carbons (Fsp3) is 0.458. The lowest BCUT2D eigenvalue weighted by Gasteiger charge is -2.31. The summed E-state index contributed by atoms with van der Waals surface area (Å²) in [5.41, 5.74) is 1.84. The van der Waals surface area contributed by atoms with Gasteiger partial charge < -0.3 is 19.5 Å². The first-order chi connectivity index (χ1) is 15.8. The number of benzene rings is 2. The third-order valence-corrected chi connectivity index (χ3v) is 6.93. The van der Waals surface area contributed by atoms with Gasteiger partial charge in [0.25, 0.3) is 0 Å². The molecule has 9 heteroatoms. The van der Waals surface area contributed by atoms with Crippen LogP contribution in [-0.2, 0) is 14.8 Å². The topological polar surface area (TPSA) is 105 Å². The van der Waals surface area contributed by atoms with Crippen molar-refractivity contribution in [2.75, 3.05) is 32.8 Å². The molecule has 0 saturated carbocycles. The summed E-state index contributed by atoms with van der Waals surface area (Å²) in [6.07, 6.45) is 1.41. The van der Waals surface area contributed by atoms with Crippen LogP contribution in [0.2, 0.25) is 0 Å². The number of likely N-dealkylation sites (tertiary alicyclic amines) is 1. The Labute approximate surface area is 195 Å². The van der Waals surface area contributed by atoms with E-state index < -0.39 is 10.0 Å². The molecule has 33 heavy (non-hydrogen) atoms. The molecular formula is C24H32N2O6S. The number of carbonyl (C=O) groups excluding carboxylic acids is 1. The van der Waals surface area contributed by atoms with Gasteiger partial charge in [-0.15, -0.1) is 0 Å². The van der Waals surface area contributed by atoms with Gasteiger partial charge in [0.05, 0.1) is 24.2 Å². The highest BCUT2D eigenvalue weighted by Gasteiger charge is 2.24. The number of rotatable bonds is 9. The molecule has 180 valence electrons. The number of nitrogens with zero attached hydrogens (tertiary/aromatic N) is 1. The minimum Gasteiger partial charge on any atom is -0.493 e. The lowest BCUT2D eigenvalue weighted by molar-refractivity contribution is 0.0608. The van der Waals surface area contributed by atoms with Crippen molar-refractivity contribution in [2.45, 2.75) is 37.7 Å². The van der Waals surface area contributed by atoms with Crippen LogP contribution in [0.1, 0.15) is 26.7 Å². The van der Waals surface area contributed by atoms with Crippen molar-refractivity contribution in [1.29, 1.82) is 0 Å². The Kier molecular flexibility index (Phi) is 8.71. The molecule has 2 N–H and O–H groups in total. The first kappa shape index (κ1) is 25.0. The maximum Gasteiger partial charge on any atom is 0.410 e. The Morgan fingerprint density at radius 1 is 1.06 bits per heavy atom. The molecule has 1 aliphatic heterocycles. The van der Waals surface area contributed by atoms with E-state index in [1.54, 1.807) is 29.2 Å². The van der Waals surface area contributed by atoms with Gasteiger partial charge in [0.2, 0.25) is 10.0 Å². The first-order valence-corrected chi connectivity index (χ1v) is 12.7. The number of amides is 1. The molecule has 0 atom stereocenters. The highest BCUT2D eigenvalue weighted by atomic mass is 32.2. The van der Waals surface area contributed by atoms with Crippen molar-refractivity contribution in [3.05, 3.63) is 48.5 Å². The van der Waals surface area contributed by atoms with E-state index in [0.29, 0.717) is 25.6 Å². The molecule has 1 saturated heterocycles. The molecular weight excluding hydrogens is 444 g/mol. The average molecular weight is 477 g/mol. The van der Waals surface area contributed by atoms with Gasteiger partial charge >= 0.3 is 6.09 Å². The third-order valence-electron chi connectivity index (χ3n) is 5.45. The second kappa shape index (κ2) is 11.5. The quantitative estimate of drug-likeness (QED) is 0.576. The van der Waals surface area contributed by atoms with Crippen LogP contribution < -0.4 is 9.46 Å². The average Bonchev–Trinajstić information content (AvgIpc) is 2.82. The molecule has 0 bridgehead atoms. The van der Waals surface area contributed by atoms with Crippen molar-refractivity contribution in [3.63, 3.8) is 0 Å². The second-order valence-electron chi connectivity index (χ2n) is 8.34. The van der Waals surface area contributed by atoms with Crippen LogP contribution in [0.4, 0.5) is 4.79 Å². The number of carbonyl (C=O) groups is 1. The fourth-order valence-corrected chi connectivity index (χ4v) is 4.63. The van der Waals surface area contributed by atoms with Crippen molar-refractivity contribution >= 4 is 16.1 Å². The highest BCUT2D eigenvalue weighted by Crippen LogP contribution is 2.25. The second-order valence-corrected chi connectivity index (χ2v) is 10.1. The SMILES string of the molecule is CC(C)OC(=O)N1CCC(COc2ccc(-c3ccc(S(=O)(=O)NCCO)cc3)cc2)CC1. The number of ether oxygens (including phenoxy) is 2. The molecule has 2 aromatic rings. The van der Waals surface area contributed by atoms with Gasteiger partial charge in [0, 0.05) is 19.6 Å². The molecule has 0 aromatic heterocycles. The Morgan fingerprint density at radius 3 is 2.18 bits per heavy atom. The van der Waals surface area contributed by atoms with Crippen molar-refractivity contribution in [1.82, 2.24) is 9.62 Å². The number of sulfonamides is 1. The van der Waals surface area contributed by atoms with E-state index in [0.717, 1.165) is 29.7 Å². The van der Waals surface area contributed by atoms with Gasteiger partial charge in [-0.2, -0.15) is 0 Å². The number of aliphatic hydroxyl groups is 1. The lowest BCUT2D eigenvalue weighted by atomic mass is 9.98. The van der Waals surface area contributed by atoms with Gasteiger partial charge in [-0.1, -0.05) is 24.3 Å². The van der Waals surface area contributed by atoms with E-state index in [9.17, 15) is 13.2 Å². The van der Waals surface area contributed by atoms with Crippen LogP contribution >= 0.6 is 0 Å². The number of aliphatic hydroxyl groups excluding tert-OH is 1. The minimum atomic E-state index is -3.62. The maximum absolute atomic E-state index is 12.1. The van der Waals surface area contributed by atoms with E-state index in [1.165, 1.54) is 0 Å². The first-order valence-electron chi connectivity index (χ1n) is 11.2. The number of hydrogen-bond acceptors (Lipinski definition) is 6. The summed E-state index contributed by atoms with van der Waals surface area (Å²) in [7, 11) is -3.62. The van der Waals surface area contributed by atoms with Gasteiger partial charge in [-0.25, -0.2) is 17.9 Å². The normalized spacial score (nSPS) is 15.0. The molecule has 8 nitrogen and oxygen atoms in total. The predicted octanol–water partition coefficient (Wildman–Crippen LogP) is 3.26. The molecule has 0 aliphatic carbocycles. The predicted molar refractivity (Wildman–Crippen MR) is 126 cm³/mol. The molecule has 1 amide bonds. The lowest BCUT2D eigenvalue weighted by Crippen LogP contribution is -2.40. The van der Waals surface area contributed by atoms with Crippen LogP contribution in [0.15, 0.2) is 53.4 Å². The Morgan fingerprint density at radius 2 is 1.64 bits per heavy atom. The van der Waals surface area contributed by atoms with E-state index in [4.69, 9.17) is 14.6 Å². The summed E-state index contributed by atoms with van der Waals surface area (Å²) in [5, 5.41) is 8.80. The molecule has 1 fully saturated rings. The Bertz CT molecular complexity index is 998. The van der Waals surface area contributed by atoms with E-state index in [2.05, 4.69) is 4.72 Å². The summed E-state index contributed by atoms with van der Waals surface area (Å²) < 4.78 is 37.8. The van der Waals surface area contributed by atoms with Gasteiger partial charge in [-0.05, 0) is 68.0 Å². The van der Waals surface area contributed by atoms with Crippen molar-refractivity contribution in [2.24, 2.45) is 5.92 Å². The summed E-state index contributed by atoms with van der Waals surface area (Å²) in [5.74, 6) is 1.16. The van der Waals surface area contributed by atoms with Crippen LogP contribution in [0.25, 0.3) is 11.1 Å². The zero-order valence-corrected chi connectivity index (χ0v) is 19.9. The Balaban J connectivity index is 1.49. The zero-order valence-electron chi connectivity index (χ0n) is 19.1. The molecule has 1 aliphatic rings. The van der Waals surface area contributed by atoms with Crippen LogP contribution in [0.3, 0.4) is 0 Å². The molecule has 0 spiro atoms. The number of piperidine rings is 1. The minimum absolute atomic E-state index is 0.0185. The molecule has 3 rings (SSSR count). The molecule has 2 aromatic carbocycles. The van der Waals surface area contributed by atoms with Crippen LogP contribution in [0.5, 0.6) is 5.75 Å². The number of hydrogen-bond donors (Lipinski definition) is 2. The van der Waals surface area contributed by atoms with Crippen molar-refractivity contribution < 1.29 is 27.8 Å². The monoisotopic (exact) mass is 476 g/mol. The van der Waals surface area contributed by atoms with Crippen LogP contribution in [-0.4, -0.2) is 63.5 Å². The van der Waals surface area contributed by atoms with E-state index in [1.807, 2.05) is 38.1 Å². The highest BCUT2D eigenvalue weighted by molar-refractivity contribution is 7.89. The third kappa shape index (κ3) is 7.18. The zero-order chi connectivity index (χ0) is 23.8. The van der Waals surface area contributed by atoms with Gasteiger partial charge in [0.15, 0.2) is 0 Å². The fourth-order valence-electron chi connectivity index (χ4n) is 3.61. The van der Waals surface area contributed by atoms with Crippen molar-refractivity contribution in [3.8, 4) is 16.9 Å². The van der Waals surface area contributed by atoms with E-state index >= 15 is 0 Å². The Hall–Kier alpha value is -2.62. The summed E-state index contributed by atoms with van der Waals surface area (Å²) in [6, 6.07) is 14.3. The summed E-state index contributed by atoms with van der Waals surface area (Å²) in [6.45, 7) is 5.38. The maximum atomic E-state index is 12.1. The standard InChI is InChI=1S/C24H32N2O6S/c1-18(2)32-24(28)26-14-11-19(12-15-26)17-31-22-7-3-20(4-8-22)21-5-9-23(10-6-21)33(29,30)25-13-16-27/h3-10,18-19,25,27H,11-17H2,1-2H3. The van der Waals surface area contributed by atoms with Crippen LogP contribution in [0, 0.1) is 5.92 Å². The van der Waals surface area contributed by atoms with E-state index in [-0.39, 0.29) is 30.2 Å². The molecule has 0 radical (unpaired) electrons. The van der Waals surface area contributed by atoms with Gasteiger partial charge in [-0.3, -0.25) is 0 Å².